The zero-order chi connectivity index (χ0) is 13.4. The van der Waals surface area contributed by atoms with Gasteiger partial charge in [-0.2, -0.15) is 0 Å². The molecule has 1 fully saturated rings. The average molecular weight is 298 g/mol. The third-order valence-electron chi connectivity index (χ3n) is 2.75. The maximum atomic E-state index is 12.2. The molecule has 6 nitrogen and oxygen atoms in total. The Morgan fingerprint density at radius 3 is 3.00 bits per heavy atom. The normalized spacial score (nSPS) is 18.9. The molecular formula is C11H21ClFN3O3. The van der Waals surface area contributed by atoms with Crippen molar-refractivity contribution < 1.29 is 18.7 Å². The van der Waals surface area contributed by atoms with Gasteiger partial charge in [-0.15, -0.1) is 12.4 Å². The molecule has 1 aliphatic rings. The third kappa shape index (κ3) is 6.17. The van der Waals surface area contributed by atoms with E-state index in [1.165, 1.54) is 4.90 Å². The Labute approximate surface area is 118 Å². The Hall–Kier alpha value is -0.920. The monoisotopic (exact) mass is 297 g/mol. The Morgan fingerprint density at radius 1 is 1.63 bits per heavy atom. The summed E-state index contributed by atoms with van der Waals surface area (Å²) in [5.74, 6) is -0.416. The Kier molecular flexibility index (Phi) is 9.46. The minimum atomic E-state index is -0.557. The van der Waals surface area contributed by atoms with Crippen molar-refractivity contribution in [2.75, 3.05) is 46.6 Å². The fourth-order valence-electron chi connectivity index (χ4n) is 1.83. The number of rotatable bonds is 7. The highest BCUT2D eigenvalue weighted by Crippen LogP contribution is 2.05. The van der Waals surface area contributed by atoms with Crippen molar-refractivity contribution in [3.8, 4) is 0 Å². The van der Waals surface area contributed by atoms with Crippen LogP contribution in [0.1, 0.15) is 6.42 Å². The highest BCUT2D eigenvalue weighted by atomic mass is 35.5. The van der Waals surface area contributed by atoms with Crippen molar-refractivity contribution in [3.05, 3.63) is 0 Å². The van der Waals surface area contributed by atoms with Gasteiger partial charge in [0.05, 0.1) is 19.1 Å². The molecule has 0 aromatic rings. The Balaban J connectivity index is 0.00000324. The number of carbonyl (C=O) groups excluding carboxylic acids is 2. The molecule has 2 amide bonds. The van der Waals surface area contributed by atoms with E-state index >= 15 is 0 Å². The van der Waals surface area contributed by atoms with Crippen molar-refractivity contribution in [1.82, 2.24) is 15.5 Å². The van der Waals surface area contributed by atoms with Crippen LogP contribution >= 0.6 is 12.4 Å². The van der Waals surface area contributed by atoms with Crippen LogP contribution in [0.5, 0.6) is 0 Å². The van der Waals surface area contributed by atoms with E-state index < -0.39 is 12.7 Å². The van der Waals surface area contributed by atoms with Crippen molar-refractivity contribution in [2.45, 2.75) is 12.5 Å². The zero-order valence-corrected chi connectivity index (χ0v) is 11.8. The number of methoxy groups -OCH3 is 1. The molecule has 0 radical (unpaired) electrons. The molecule has 0 aliphatic carbocycles. The first kappa shape index (κ1) is 18.1. The van der Waals surface area contributed by atoms with E-state index in [0.717, 1.165) is 0 Å². The molecule has 2 N–H and O–H groups in total. The molecule has 1 aliphatic heterocycles. The van der Waals surface area contributed by atoms with Crippen molar-refractivity contribution in [3.63, 3.8) is 0 Å². The van der Waals surface area contributed by atoms with Gasteiger partial charge in [-0.25, -0.2) is 4.39 Å². The van der Waals surface area contributed by atoms with Gasteiger partial charge in [-0.3, -0.25) is 9.59 Å². The second-order valence-electron chi connectivity index (χ2n) is 4.07. The lowest BCUT2D eigenvalue weighted by Gasteiger charge is -2.32. The number of nitrogens with one attached hydrogen (secondary N) is 2. The molecule has 19 heavy (non-hydrogen) atoms. The topological polar surface area (TPSA) is 70.7 Å². The van der Waals surface area contributed by atoms with Crippen LogP contribution in [0.2, 0.25) is 0 Å². The first-order valence-electron chi connectivity index (χ1n) is 6.02. The Morgan fingerprint density at radius 2 is 2.37 bits per heavy atom. The van der Waals surface area contributed by atoms with Gasteiger partial charge in [0.2, 0.25) is 11.8 Å². The Bertz CT molecular complexity index is 292. The van der Waals surface area contributed by atoms with E-state index in [-0.39, 0.29) is 37.2 Å². The molecule has 0 aromatic heterocycles. The molecule has 112 valence electrons. The van der Waals surface area contributed by atoms with E-state index in [2.05, 4.69) is 10.6 Å². The van der Waals surface area contributed by atoms with Gasteiger partial charge in [0.15, 0.2) is 0 Å². The molecule has 0 bridgehead atoms. The number of alkyl halides is 1. The number of carbonyl (C=O) groups is 2. The smallest absolute Gasteiger partial charge is 0.240 e. The van der Waals surface area contributed by atoms with Gasteiger partial charge < -0.3 is 20.3 Å². The maximum Gasteiger partial charge on any atom is 0.240 e. The van der Waals surface area contributed by atoms with E-state index in [1.807, 2.05) is 0 Å². The standard InChI is InChI=1S/C11H20FN3O3.ClH/c1-18-7-4-14-10(16)8-9-11(17)15(5-2-12)6-3-13-9;/h9,13H,2-8H2,1H3,(H,14,16);1H. The van der Waals surface area contributed by atoms with E-state index in [1.54, 1.807) is 7.11 Å². The van der Waals surface area contributed by atoms with Crippen LogP contribution in [0.15, 0.2) is 0 Å². The quantitative estimate of drug-likeness (QED) is 0.612. The molecule has 0 aromatic carbocycles. The predicted molar refractivity (Wildman–Crippen MR) is 71.1 cm³/mol. The lowest BCUT2D eigenvalue weighted by atomic mass is 10.1. The van der Waals surface area contributed by atoms with Crippen LogP contribution < -0.4 is 10.6 Å². The van der Waals surface area contributed by atoms with Crippen molar-refractivity contribution in [1.29, 1.82) is 0 Å². The van der Waals surface area contributed by atoms with Crippen LogP contribution in [0.25, 0.3) is 0 Å². The summed E-state index contributed by atoms with van der Waals surface area (Å²) in [7, 11) is 1.55. The summed E-state index contributed by atoms with van der Waals surface area (Å²) in [6, 6.07) is -0.548. The third-order valence-corrected chi connectivity index (χ3v) is 2.75. The highest BCUT2D eigenvalue weighted by Gasteiger charge is 2.29. The maximum absolute atomic E-state index is 12.2. The van der Waals surface area contributed by atoms with Gasteiger partial charge in [0.1, 0.15) is 6.67 Å². The van der Waals surface area contributed by atoms with E-state index in [0.29, 0.717) is 26.2 Å². The second-order valence-corrected chi connectivity index (χ2v) is 4.07. The first-order valence-corrected chi connectivity index (χ1v) is 6.02. The average Bonchev–Trinajstić information content (AvgIpc) is 2.35. The summed E-state index contributed by atoms with van der Waals surface area (Å²) in [5, 5.41) is 5.62. The van der Waals surface area contributed by atoms with E-state index in [4.69, 9.17) is 4.74 Å². The minimum absolute atomic E-state index is 0. The van der Waals surface area contributed by atoms with Crippen LogP contribution in [0.4, 0.5) is 4.39 Å². The molecule has 1 atom stereocenters. The molecular weight excluding hydrogens is 277 g/mol. The SMILES string of the molecule is COCCNC(=O)CC1NCCN(CCF)C1=O.Cl. The predicted octanol–water partition coefficient (Wildman–Crippen LogP) is -0.669. The van der Waals surface area contributed by atoms with Gasteiger partial charge in [-0.1, -0.05) is 0 Å². The number of hydrogen-bond donors (Lipinski definition) is 2. The summed E-state index contributed by atoms with van der Waals surface area (Å²) in [4.78, 5) is 24.9. The van der Waals surface area contributed by atoms with Crippen LogP contribution in [0, 0.1) is 0 Å². The number of nitrogens with zero attached hydrogens (tertiary/aromatic N) is 1. The molecule has 1 unspecified atom stereocenters. The van der Waals surface area contributed by atoms with Crippen LogP contribution in [0.3, 0.4) is 0 Å². The summed E-state index contributed by atoms with van der Waals surface area (Å²) in [6.07, 6.45) is 0.0747. The van der Waals surface area contributed by atoms with Gasteiger partial charge in [0.25, 0.3) is 0 Å². The number of piperazine rings is 1. The fourth-order valence-corrected chi connectivity index (χ4v) is 1.83. The summed E-state index contributed by atoms with van der Waals surface area (Å²) in [6.45, 7) is 1.48. The lowest BCUT2D eigenvalue weighted by molar-refractivity contribution is -0.138. The number of amides is 2. The number of halogens is 2. The number of ether oxygens (including phenoxy) is 1. The first-order chi connectivity index (χ1) is 8.69. The number of hydrogen-bond acceptors (Lipinski definition) is 4. The van der Waals surface area contributed by atoms with Crippen LogP contribution in [-0.2, 0) is 14.3 Å². The summed E-state index contributed by atoms with van der Waals surface area (Å²) in [5.41, 5.74) is 0. The fraction of sp³-hybridized carbons (Fsp3) is 0.818. The van der Waals surface area contributed by atoms with Gasteiger partial charge in [0, 0.05) is 33.3 Å². The second kappa shape index (κ2) is 9.94. The summed E-state index contributed by atoms with van der Waals surface area (Å²) >= 11 is 0. The molecule has 1 saturated heterocycles. The van der Waals surface area contributed by atoms with Crippen LogP contribution in [-0.4, -0.2) is 69.3 Å². The molecule has 1 heterocycles. The van der Waals surface area contributed by atoms with Crippen molar-refractivity contribution >= 4 is 24.2 Å². The summed E-state index contributed by atoms with van der Waals surface area (Å²) < 4.78 is 17.0. The molecule has 8 heteroatoms. The largest absolute Gasteiger partial charge is 0.383 e. The minimum Gasteiger partial charge on any atom is -0.383 e. The zero-order valence-electron chi connectivity index (χ0n) is 11.0. The van der Waals surface area contributed by atoms with Crippen molar-refractivity contribution in [2.24, 2.45) is 0 Å². The molecule has 0 saturated carbocycles. The van der Waals surface area contributed by atoms with Gasteiger partial charge in [-0.05, 0) is 0 Å². The highest BCUT2D eigenvalue weighted by molar-refractivity contribution is 5.88. The van der Waals surface area contributed by atoms with E-state index in [9.17, 15) is 14.0 Å². The lowest BCUT2D eigenvalue weighted by Crippen LogP contribution is -2.56. The molecule has 1 rings (SSSR count). The molecule has 0 spiro atoms. The van der Waals surface area contributed by atoms with Gasteiger partial charge >= 0.3 is 0 Å².